The summed E-state index contributed by atoms with van der Waals surface area (Å²) in [6.45, 7) is 3.96. The Morgan fingerprint density at radius 2 is 2.18 bits per heavy atom. The number of rotatable bonds is 4. The first-order valence-corrected chi connectivity index (χ1v) is 6.03. The third-order valence-electron chi connectivity index (χ3n) is 3.04. The molecule has 0 heterocycles. The minimum atomic E-state index is -0.427. The lowest BCUT2D eigenvalue weighted by atomic mass is 10.1. The van der Waals surface area contributed by atoms with Crippen molar-refractivity contribution in [2.75, 3.05) is 7.05 Å². The SMILES string of the molecule is CCC(C)N(C)C(=O)Cc1c(F)cccc1Cl. The maximum atomic E-state index is 13.5. The van der Waals surface area contributed by atoms with E-state index in [9.17, 15) is 9.18 Å². The second-order valence-electron chi connectivity index (χ2n) is 4.14. The van der Waals surface area contributed by atoms with Gasteiger partial charge in [-0.1, -0.05) is 24.6 Å². The fourth-order valence-electron chi connectivity index (χ4n) is 1.50. The van der Waals surface area contributed by atoms with Crippen molar-refractivity contribution in [2.45, 2.75) is 32.7 Å². The van der Waals surface area contributed by atoms with E-state index in [1.807, 2.05) is 13.8 Å². The molecule has 1 unspecified atom stereocenters. The lowest BCUT2D eigenvalue weighted by molar-refractivity contribution is -0.131. The minimum absolute atomic E-state index is 0.00630. The molecule has 0 aliphatic heterocycles. The molecule has 0 aliphatic carbocycles. The van der Waals surface area contributed by atoms with Crippen LogP contribution in [0.4, 0.5) is 4.39 Å². The highest BCUT2D eigenvalue weighted by molar-refractivity contribution is 6.31. The van der Waals surface area contributed by atoms with Gasteiger partial charge >= 0.3 is 0 Å². The molecular weight excluding hydrogens is 241 g/mol. The summed E-state index contributed by atoms with van der Waals surface area (Å²) in [5.41, 5.74) is 0.273. The van der Waals surface area contributed by atoms with Crippen molar-refractivity contribution in [1.29, 1.82) is 0 Å². The van der Waals surface area contributed by atoms with E-state index >= 15 is 0 Å². The minimum Gasteiger partial charge on any atom is -0.343 e. The van der Waals surface area contributed by atoms with E-state index in [4.69, 9.17) is 11.6 Å². The van der Waals surface area contributed by atoms with Gasteiger partial charge in [-0.05, 0) is 25.5 Å². The zero-order valence-corrected chi connectivity index (χ0v) is 11.1. The summed E-state index contributed by atoms with van der Waals surface area (Å²) in [5, 5.41) is 0.302. The Bertz CT molecular complexity index is 388. The zero-order chi connectivity index (χ0) is 13.0. The Morgan fingerprint density at radius 3 is 2.71 bits per heavy atom. The van der Waals surface area contributed by atoms with Gasteiger partial charge in [0.1, 0.15) is 5.82 Å². The van der Waals surface area contributed by atoms with Crippen LogP contribution < -0.4 is 0 Å². The van der Waals surface area contributed by atoms with Crippen LogP contribution in [0.1, 0.15) is 25.8 Å². The van der Waals surface area contributed by atoms with Crippen LogP contribution in [0.15, 0.2) is 18.2 Å². The van der Waals surface area contributed by atoms with Crippen molar-refractivity contribution in [1.82, 2.24) is 4.90 Å². The standard InChI is InChI=1S/C13H17ClFNO/c1-4-9(2)16(3)13(17)8-10-11(14)6-5-7-12(10)15/h5-7,9H,4,8H2,1-3H3. The summed E-state index contributed by atoms with van der Waals surface area (Å²) in [5.74, 6) is -0.547. The number of carbonyl (C=O) groups excluding carboxylic acids is 1. The van der Waals surface area contributed by atoms with Gasteiger partial charge in [0.15, 0.2) is 0 Å². The van der Waals surface area contributed by atoms with E-state index in [0.29, 0.717) is 5.02 Å². The Hall–Kier alpha value is -1.09. The van der Waals surface area contributed by atoms with Gasteiger partial charge in [0, 0.05) is 23.7 Å². The highest BCUT2D eigenvalue weighted by Gasteiger charge is 2.17. The molecular formula is C13H17ClFNO. The summed E-state index contributed by atoms with van der Waals surface area (Å²) in [7, 11) is 1.73. The molecule has 1 amide bonds. The van der Waals surface area contributed by atoms with E-state index in [1.165, 1.54) is 12.1 Å². The van der Waals surface area contributed by atoms with Crippen molar-refractivity contribution in [3.05, 3.63) is 34.6 Å². The molecule has 2 nitrogen and oxygen atoms in total. The molecule has 0 N–H and O–H groups in total. The predicted molar refractivity (Wildman–Crippen MR) is 67.6 cm³/mol. The summed E-state index contributed by atoms with van der Waals surface area (Å²) in [6.07, 6.45) is 0.875. The molecule has 0 aromatic heterocycles. The summed E-state index contributed by atoms with van der Waals surface area (Å²) >= 11 is 5.88. The number of benzene rings is 1. The number of halogens is 2. The van der Waals surface area contributed by atoms with Gasteiger partial charge in [-0.2, -0.15) is 0 Å². The van der Waals surface area contributed by atoms with E-state index in [1.54, 1.807) is 18.0 Å². The number of hydrogen-bond donors (Lipinski definition) is 0. The third-order valence-corrected chi connectivity index (χ3v) is 3.39. The average molecular weight is 258 g/mol. The first-order chi connectivity index (χ1) is 7.97. The average Bonchev–Trinajstić information content (AvgIpc) is 2.31. The van der Waals surface area contributed by atoms with Crippen molar-refractivity contribution in [3.63, 3.8) is 0 Å². The van der Waals surface area contributed by atoms with Crippen molar-refractivity contribution in [2.24, 2.45) is 0 Å². The fourth-order valence-corrected chi connectivity index (χ4v) is 1.73. The molecule has 0 spiro atoms. The number of likely N-dealkylation sites (N-methyl/N-ethyl adjacent to an activating group) is 1. The van der Waals surface area contributed by atoms with Gasteiger partial charge in [0.05, 0.1) is 6.42 Å². The molecule has 0 aliphatic rings. The molecule has 1 rings (SSSR count). The molecule has 0 fully saturated rings. The van der Waals surface area contributed by atoms with Crippen LogP contribution in [0, 0.1) is 5.82 Å². The van der Waals surface area contributed by atoms with Gasteiger partial charge in [0.2, 0.25) is 5.91 Å². The van der Waals surface area contributed by atoms with E-state index < -0.39 is 5.82 Å². The van der Waals surface area contributed by atoms with Gasteiger partial charge in [-0.15, -0.1) is 0 Å². The molecule has 94 valence electrons. The summed E-state index contributed by atoms with van der Waals surface area (Å²) in [6, 6.07) is 4.59. The normalized spacial score (nSPS) is 12.3. The van der Waals surface area contributed by atoms with Gasteiger partial charge < -0.3 is 4.90 Å². The molecule has 0 radical (unpaired) electrons. The highest BCUT2D eigenvalue weighted by atomic mass is 35.5. The smallest absolute Gasteiger partial charge is 0.227 e. The van der Waals surface area contributed by atoms with Crippen molar-refractivity contribution < 1.29 is 9.18 Å². The molecule has 0 saturated carbocycles. The summed E-state index contributed by atoms with van der Waals surface area (Å²) in [4.78, 5) is 13.5. The van der Waals surface area contributed by atoms with Crippen LogP contribution in [-0.4, -0.2) is 23.9 Å². The lowest BCUT2D eigenvalue weighted by Crippen LogP contribution is -2.35. The second kappa shape index (κ2) is 6.01. The van der Waals surface area contributed by atoms with Crippen LogP contribution in [-0.2, 0) is 11.2 Å². The lowest BCUT2D eigenvalue weighted by Gasteiger charge is -2.24. The summed E-state index contributed by atoms with van der Waals surface area (Å²) < 4.78 is 13.5. The Labute approximate surface area is 106 Å². The quantitative estimate of drug-likeness (QED) is 0.811. The predicted octanol–water partition coefficient (Wildman–Crippen LogP) is 3.28. The molecule has 0 saturated heterocycles. The van der Waals surface area contributed by atoms with Gasteiger partial charge in [-0.3, -0.25) is 4.79 Å². The molecule has 1 atom stereocenters. The van der Waals surface area contributed by atoms with Gasteiger partial charge in [-0.25, -0.2) is 4.39 Å². The van der Waals surface area contributed by atoms with Crippen LogP contribution in [0.2, 0.25) is 5.02 Å². The van der Waals surface area contributed by atoms with Crippen LogP contribution >= 0.6 is 11.6 Å². The Balaban J connectivity index is 2.81. The van der Waals surface area contributed by atoms with Crippen molar-refractivity contribution >= 4 is 17.5 Å². The number of carbonyl (C=O) groups is 1. The van der Waals surface area contributed by atoms with E-state index in [2.05, 4.69) is 0 Å². The van der Waals surface area contributed by atoms with Crippen LogP contribution in [0.5, 0.6) is 0 Å². The number of nitrogens with zero attached hydrogens (tertiary/aromatic N) is 1. The molecule has 1 aromatic rings. The third kappa shape index (κ3) is 3.43. The molecule has 0 bridgehead atoms. The fraction of sp³-hybridized carbons (Fsp3) is 0.462. The van der Waals surface area contributed by atoms with Crippen LogP contribution in [0.25, 0.3) is 0 Å². The van der Waals surface area contributed by atoms with Crippen LogP contribution in [0.3, 0.4) is 0 Å². The largest absolute Gasteiger partial charge is 0.343 e. The maximum Gasteiger partial charge on any atom is 0.227 e. The monoisotopic (exact) mass is 257 g/mol. The van der Waals surface area contributed by atoms with E-state index in [0.717, 1.165) is 6.42 Å². The Kier molecular flexibility index (Phi) is 4.94. The molecule has 1 aromatic carbocycles. The molecule has 4 heteroatoms. The van der Waals surface area contributed by atoms with Gasteiger partial charge in [0.25, 0.3) is 0 Å². The number of hydrogen-bond acceptors (Lipinski definition) is 1. The highest BCUT2D eigenvalue weighted by Crippen LogP contribution is 2.20. The maximum absolute atomic E-state index is 13.5. The second-order valence-corrected chi connectivity index (χ2v) is 4.55. The Morgan fingerprint density at radius 1 is 1.53 bits per heavy atom. The van der Waals surface area contributed by atoms with E-state index in [-0.39, 0.29) is 23.9 Å². The first kappa shape index (κ1) is 14.0. The topological polar surface area (TPSA) is 20.3 Å². The number of amides is 1. The molecule has 17 heavy (non-hydrogen) atoms. The zero-order valence-electron chi connectivity index (χ0n) is 10.3. The van der Waals surface area contributed by atoms with Crippen molar-refractivity contribution in [3.8, 4) is 0 Å². The first-order valence-electron chi connectivity index (χ1n) is 5.65.